The highest BCUT2D eigenvalue weighted by molar-refractivity contribution is 5.42. The van der Waals surface area contributed by atoms with Gasteiger partial charge in [-0.3, -0.25) is 0 Å². The van der Waals surface area contributed by atoms with Crippen LogP contribution in [0.1, 0.15) is 20.3 Å². The van der Waals surface area contributed by atoms with Crippen LogP contribution >= 0.6 is 0 Å². The summed E-state index contributed by atoms with van der Waals surface area (Å²) in [7, 11) is 3.58. The van der Waals surface area contributed by atoms with Crippen LogP contribution in [0.2, 0.25) is 0 Å². The Kier molecular flexibility index (Phi) is 3.28. The van der Waals surface area contributed by atoms with Crippen molar-refractivity contribution < 1.29 is 4.74 Å². The number of rotatable bonds is 2. The average molecular weight is 238 g/mol. The Labute approximate surface area is 103 Å². The lowest BCUT2D eigenvalue weighted by Gasteiger charge is -2.29. The summed E-state index contributed by atoms with van der Waals surface area (Å²) in [6.45, 7) is 7.52. The molecule has 17 heavy (non-hydrogen) atoms. The van der Waals surface area contributed by atoms with Crippen molar-refractivity contribution in [2.45, 2.75) is 25.8 Å². The van der Waals surface area contributed by atoms with E-state index in [1.165, 1.54) is 0 Å². The number of aromatic nitrogens is 2. The van der Waals surface area contributed by atoms with Gasteiger partial charge in [-0.2, -0.15) is 5.10 Å². The minimum absolute atomic E-state index is 0.126. The molecule has 0 bridgehead atoms. The lowest BCUT2D eigenvalue weighted by atomic mass is 10.1. The quantitative estimate of drug-likeness (QED) is 0.835. The molecule has 1 aromatic heterocycles. The average Bonchev–Trinajstić information content (AvgIpc) is 2.54. The van der Waals surface area contributed by atoms with Crippen LogP contribution in [0, 0.1) is 0 Å². The molecule has 0 atom stereocenters. The standard InChI is InChI=1S/C12H22N4O/c1-12(2)9-16(7-5-6-13-12)10-8-11(17-4)15(3)14-10/h8,13H,5-7,9H2,1-4H3. The third-order valence-electron chi connectivity index (χ3n) is 3.15. The zero-order valence-corrected chi connectivity index (χ0v) is 11.2. The van der Waals surface area contributed by atoms with Gasteiger partial charge < -0.3 is 15.0 Å². The number of nitrogens with zero attached hydrogens (tertiary/aromatic N) is 3. The molecule has 5 nitrogen and oxygen atoms in total. The Morgan fingerprint density at radius 3 is 2.88 bits per heavy atom. The predicted molar refractivity (Wildman–Crippen MR) is 68.7 cm³/mol. The third-order valence-corrected chi connectivity index (χ3v) is 3.15. The van der Waals surface area contributed by atoms with Gasteiger partial charge >= 0.3 is 0 Å². The molecule has 1 aliphatic heterocycles. The fourth-order valence-electron chi connectivity index (χ4n) is 2.29. The SMILES string of the molecule is COc1cc(N2CCCNC(C)(C)C2)nn1C. The van der Waals surface area contributed by atoms with Crippen LogP contribution in [0.3, 0.4) is 0 Å². The van der Waals surface area contributed by atoms with E-state index in [0.717, 1.165) is 37.8 Å². The summed E-state index contributed by atoms with van der Waals surface area (Å²) in [5, 5.41) is 8.05. The molecule has 1 fully saturated rings. The van der Waals surface area contributed by atoms with Crippen LogP contribution in [0.15, 0.2) is 6.07 Å². The van der Waals surface area contributed by atoms with E-state index in [9.17, 15) is 0 Å². The molecule has 1 saturated heterocycles. The van der Waals surface area contributed by atoms with E-state index in [-0.39, 0.29) is 5.54 Å². The summed E-state index contributed by atoms with van der Waals surface area (Å²) >= 11 is 0. The molecule has 0 amide bonds. The molecule has 2 rings (SSSR count). The van der Waals surface area contributed by atoms with E-state index in [2.05, 4.69) is 29.2 Å². The number of hydrogen-bond donors (Lipinski definition) is 1. The highest BCUT2D eigenvalue weighted by Crippen LogP contribution is 2.22. The maximum atomic E-state index is 5.26. The Bertz CT molecular complexity index is 386. The molecule has 0 unspecified atom stereocenters. The van der Waals surface area contributed by atoms with Gasteiger partial charge in [0.1, 0.15) is 0 Å². The third kappa shape index (κ3) is 2.72. The number of anilines is 1. The van der Waals surface area contributed by atoms with Crippen LogP contribution in [0.25, 0.3) is 0 Å². The van der Waals surface area contributed by atoms with E-state index in [1.807, 2.05) is 13.1 Å². The van der Waals surface area contributed by atoms with E-state index in [1.54, 1.807) is 11.8 Å². The summed E-state index contributed by atoms with van der Waals surface area (Å²) in [6.07, 6.45) is 1.14. The largest absolute Gasteiger partial charge is 0.481 e. The van der Waals surface area contributed by atoms with Gasteiger partial charge in [0.05, 0.1) is 7.11 Å². The summed E-state index contributed by atoms with van der Waals surface area (Å²) in [4.78, 5) is 2.32. The second kappa shape index (κ2) is 4.56. The maximum absolute atomic E-state index is 5.26. The second-order valence-corrected chi connectivity index (χ2v) is 5.25. The van der Waals surface area contributed by atoms with Crippen LogP contribution < -0.4 is 15.0 Å². The van der Waals surface area contributed by atoms with Gasteiger partial charge in [-0.15, -0.1) is 0 Å². The molecule has 96 valence electrons. The van der Waals surface area contributed by atoms with E-state index in [4.69, 9.17) is 4.74 Å². The van der Waals surface area contributed by atoms with Crippen LogP contribution in [0.4, 0.5) is 5.82 Å². The van der Waals surface area contributed by atoms with Crippen molar-refractivity contribution in [3.63, 3.8) is 0 Å². The number of ether oxygens (including phenoxy) is 1. The molecule has 0 aliphatic carbocycles. The normalized spacial score (nSPS) is 20.1. The lowest BCUT2D eigenvalue weighted by molar-refractivity contribution is 0.373. The molecule has 0 spiro atoms. The smallest absolute Gasteiger partial charge is 0.213 e. The van der Waals surface area contributed by atoms with Gasteiger partial charge in [-0.1, -0.05) is 0 Å². The fraction of sp³-hybridized carbons (Fsp3) is 0.750. The van der Waals surface area contributed by atoms with Crippen molar-refractivity contribution in [1.29, 1.82) is 0 Å². The number of aryl methyl sites for hydroxylation is 1. The molecule has 1 aliphatic rings. The first-order chi connectivity index (χ1) is 8.02. The first kappa shape index (κ1) is 12.2. The van der Waals surface area contributed by atoms with E-state index in [0.29, 0.717) is 0 Å². The van der Waals surface area contributed by atoms with E-state index >= 15 is 0 Å². The summed E-state index contributed by atoms with van der Waals surface area (Å²) in [6, 6.07) is 2.00. The molecule has 1 aromatic rings. The zero-order chi connectivity index (χ0) is 12.5. The van der Waals surface area contributed by atoms with Gasteiger partial charge in [-0.25, -0.2) is 4.68 Å². The Hall–Kier alpha value is -1.23. The van der Waals surface area contributed by atoms with Crippen molar-refractivity contribution in [1.82, 2.24) is 15.1 Å². The molecular formula is C12H22N4O. The Morgan fingerprint density at radius 2 is 2.24 bits per heavy atom. The molecule has 0 aromatic carbocycles. The highest BCUT2D eigenvalue weighted by Gasteiger charge is 2.25. The van der Waals surface area contributed by atoms with Crippen LogP contribution in [-0.2, 0) is 7.05 Å². The van der Waals surface area contributed by atoms with Crippen LogP contribution in [0.5, 0.6) is 5.88 Å². The highest BCUT2D eigenvalue weighted by atomic mass is 16.5. The van der Waals surface area contributed by atoms with Gasteiger partial charge in [0.2, 0.25) is 5.88 Å². The summed E-state index contributed by atoms with van der Waals surface area (Å²) in [5.41, 5.74) is 0.126. The molecule has 1 N–H and O–H groups in total. The second-order valence-electron chi connectivity index (χ2n) is 5.25. The van der Waals surface area contributed by atoms with Gasteiger partial charge in [0, 0.05) is 31.7 Å². The first-order valence-corrected chi connectivity index (χ1v) is 6.10. The molecular weight excluding hydrogens is 216 g/mol. The van der Waals surface area contributed by atoms with Gasteiger partial charge in [0.15, 0.2) is 5.82 Å². The molecule has 0 saturated carbocycles. The monoisotopic (exact) mass is 238 g/mol. The zero-order valence-electron chi connectivity index (χ0n) is 11.2. The van der Waals surface area contributed by atoms with E-state index < -0.39 is 0 Å². The lowest BCUT2D eigenvalue weighted by Crippen LogP contribution is -2.46. The number of methoxy groups -OCH3 is 1. The Morgan fingerprint density at radius 1 is 1.47 bits per heavy atom. The van der Waals surface area contributed by atoms with Gasteiger partial charge in [-0.05, 0) is 26.8 Å². The van der Waals surface area contributed by atoms with Crippen molar-refractivity contribution >= 4 is 5.82 Å². The first-order valence-electron chi connectivity index (χ1n) is 6.10. The topological polar surface area (TPSA) is 42.3 Å². The minimum atomic E-state index is 0.126. The van der Waals surface area contributed by atoms with Crippen molar-refractivity contribution in [3.8, 4) is 5.88 Å². The number of hydrogen-bond acceptors (Lipinski definition) is 4. The van der Waals surface area contributed by atoms with Crippen molar-refractivity contribution in [2.75, 3.05) is 31.6 Å². The predicted octanol–water partition coefficient (Wildman–Crippen LogP) is 1.01. The van der Waals surface area contributed by atoms with Crippen molar-refractivity contribution in [3.05, 3.63) is 6.07 Å². The Balaban J connectivity index is 2.19. The molecule has 5 heteroatoms. The maximum Gasteiger partial charge on any atom is 0.213 e. The molecule has 2 heterocycles. The van der Waals surface area contributed by atoms with Gasteiger partial charge in [0.25, 0.3) is 0 Å². The fourth-order valence-corrected chi connectivity index (χ4v) is 2.29. The minimum Gasteiger partial charge on any atom is -0.481 e. The summed E-state index contributed by atoms with van der Waals surface area (Å²) < 4.78 is 7.04. The number of nitrogens with one attached hydrogen (secondary N) is 1. The van der Waals surface area contributed by atoms with Crippen LogP contribution in [-0.4, -0.2) is 42.1 Å². The van der Waals surface area contributed by atoms with Crippen molar-refractivity contribution in [2.24, 2.45) is 7.05 Å². The summed E-state index contributed by atoms with van der Waals surface area (Å²) in [5.74, 6) is 1.80. The molecule has 0 radical (unpaired) electrons.